The van der Waals surface area contributed by atoms with Crippen LogP contribution in [0.3, 0.4) is 0 Å². The largest absolute Gasteiger partial charge is 0.460 e. The minimum absolute atomic E-state index is 0.149. The first kappa shape index (κ1) is 19.3. The van der Waals surface area contributed by atoms with Crippen molar-refractivity contribution >= 4 is 22.7 Å². The van der Waals surface area contributed by atoms with Gasteiger partial charge < -0.3 is 9.30 Å². The van der Waals surface area contributed by atoms with Gasteiger partial charge in [0.2, 0.25) is 0 Å². The zero-order valence-electron chi connectivity index (χ0n) is 18.1. The Morgan fingerprint density at radius 1 is 1.16 bits per heavy atom. The molecule has 32 heavy (non-hydrogen) atoms. The number of aryl methyl sites for hydroxylation is 2. The van der Waals surface area contributed by atoms with Gasteiger partial charge in [-0.05, 0) is 68.4 Å². The average Bonchev–Trinajstić information content (AvgIpc) is 3.14. The summed E-state index contributed by atoms with van der Waals surface area (Å²) in [6.45, 7) is 4.86. The van der Waals surface area contributed by atoms with E-state index in [-0.39, 0.29) is 23.8 Å². The van der Waals surface area contributed by atoms with Gasteiger partial charge in [-0.25, -0.2) is 9.37 Å². The molecule has 162 valence electrons. The summed E-state index contributed by atoms with van der Waals surface area (Å²) in [6, 6.07) is 3.21. The highest BCUT2D eigenvalue weighted by Crippen LogP contribution is 2.43. The van der Waals surface area contributed by atoms with E-state index in [1.807, 2.05) is 0 Å². The molecule has 0 unspecified atom stereocenters. The molecule has 3 aliphatic rings. The zero-order valence-corrected chi connectivity index (χ0v) is 18.1. The summed E-state index contributed by atoms with van der Waals surface area (Å²) < 4.78 is 21.5. The van der Waals surface area contributed by atoms with Crippen molar-refractivity contribution in [2.45, 2.75) is 58.6 Å². The molecule has 1 aromatic carbocycles. The fourth-order valence-corrected chi connectivity index (χ4v) is 5.62. The van der Waals surface area contributed by atoms with E-state index >= 15 is 0 Å². The monoisotopic (exact) mass is 432 g/mol. The summed E-state index contributed by atoms with van der Waals surface area (Å²) in [7, 11) is 0. The van der Waals surface area contributed by atoms with E-state index in [1.54, 1.807) is 17.6 Å². The summed E-state index contributed by atoms with van der Waals surface area (Å²) in [5.74, 6) is -1.31. The number of carbonyl (C=O) groups excluding carboxylic acids is 2. The first-order valence-electron chi connectivity index (χ1n) is 10.8. The van der Waals surface area contributed by atoms with E-state index in [4.69, 9.17) is 9.72 Å². The number of nitrogens with zero attached hydrogens (tertiary/aromatic N) is 2. The van der Waals surface area contributed by atoms with Crippen molar-refractivity contribution in [2.24, 2.45) is 0 Å². The topological polar surface area (TPSA) is 78.3 Å². The number of cyclic esters (lactones) is 1. The van der Waals surface area contributed by atoms with Crippen LogP contribution < -0.4 is 5.56 Å². The molecular weight excluding hydrogens is 411 g/mol. The van der Waals surface area contributed by atoms with Crippen LogP contribution in [-0.4, -0.2) is 21.3 Å². The van der Waals surface area contributed by atoms with Gasteiger partial charge in [0, 0.05) is 17.0 Å². The van der Waals surface area contributed by atoms with Crippen LogP contribution in [0, 0.1) is 12.7 Å². The summed E-state index contributed by atoms with van der Waals surface area (Å²) in [5, 5.41) is 1.01. The number of pyridine rings is 2. The van der Waals surface area contributed by atoms with Crippen molar-refractivity contribution in [1.82, 2.24) is 9.55 Å². The number of benzene rings is 1. The highest BCUT2D eigenvalue weighted by molar-refractivity contribution is 6.09. The number of esters is 1. The Kier molecular flexibility index (Phi) is 3.70. The average molecular weight is 432 g/mol. The molecule has 0 bridgehead atoms. The van der Waals surface area contributed by atoms with Crippen molar-refractivity contribution in [3.63, 3.8) is 0 Å². The molecule has 1 atom stereocenters. The predicted molar refractivity (Wildman–Crippen MR) is 115 cm³/mol. The number of carbonyl (C=O) groups is 2. The van der Waals surface area contributed by atoms with Gasteiger partial charge in [-0.3, -0.25) is 14.4 Å². The van der Waals surface area contributed by atoms with Crippen LogP contribution in [0.25, 0.3) is 22.3 Å². The van der Waals surface area contributed by atoms with Gasteiger partial charge in [0.05, 0.1) is 29.0 Å². The minimum Gasteiger partial charge on any atom is -0.460 e. The molecular formula is C25H21FN2O4. The number of Topliss-reactive ketones (excluding diaryl/α,β-unsaturated/α-hetero) is 1. The fourth-order valence-electron chi connectivity index (χ4n) is 5.62. The number of ether oxygens (including phenoxy) is 1. The lowest BCUT2D eigenvalue weighted by Crippen LogP contribution is -2.47. The standard InChI is InChI=1S/C25H21FN2O4/c1-11-13-5-4-6-14-15-9-28-20(22(15)27-19(21(13)14)8-18(11)26)7-17-16(23(28)30)10-32-24(31)25(17,3)12(2)29/h7-8H,4-6,9-10H2,1-3H3/t25-/m1/s1. The Balaban J connectivity index is 1.69. The second kappa shape index (κ2) is 6.12. The fraction of sp³-hybridized carbons (Fsp3) is 0.360. The van der Waals surface area contributed by atoms with Crippen LogP contribution in [0.5, 0.6) is 0 Å². The van der Waals surface area contributed by atoms with Crippen molar-refractivity contribution in [3.8, 4) is 11.4 Å². The van der Waals surface area contributed by atoms with Crippen LogP contribution in [0.4, 0.5) is 4.39 Å². The SMILES string of the molecule is CC(=O)[C@@]1(C)C(=O)OCc2c1cc1n(c2=O)Cc2c-1nc1cc(F)c(C)c3c1c2CCC3. The predicted octanol–water partition coefficient (Wildman–Crippen LogP) is 3.26. The van der Waals surface area contributed by atoms with E-state index in [0.29, 0.717) is 40.1 Å². The maximum atomic E-state index is 14.6. The second-order valence-corrected chi connectivity index (χ2v) is 9.20. The number of rotatable bonds is 1. The Bertz CT molecular complexity index is 1490. The Labute approximate surface area is 183 Å². The lowest BCUT2D eigenvalue weighted by atomic mass is 9.75. The van der Waals surface area contributed by atoms with Gasteiger partial charge in [0.15, 0.2) is 5.78 Å². The number of hydrogen-bond donors (Lipinski definition) is 0. The van der Waals surface area contributed by atoms with Crippen LogP contribution in [0.15, 0.2) is 16.9 Å². The molecule has 4 heterocycles. The van der Waals surface area contributed by atoms with Crippen molar-refractivity contribution < 1.29 is 18.7 Å². The molecule has 2 aliphatic heterocycles. The van der Waals surface area contributed by atoms with Crippen molar-refractivity contribution in [1.29, 1.82) is 0 Å². The van der Waals surface area contributed by atoms with E-state index in [1.165, 1.54) is 19.9 Å². The lowest BCUT2D eigenvalue weighted by Gasteiger charge is -2.31. The molecule has 0 saturated carbocycles. The number of ketones is 1. The molecule has 0 N–H and O–H groups in total. The summed E-state index contributed by atoms with van der Waals surface area (Å²) in [4.78, 5) is 43.3. The van der Waals surface area contributed by atoms with E-state index < -0.39 is 11.4 Å². The normalized spacial score (nSPS) is 20.6. The Hall–Kier alpha value is -3.35. The molecule has 2 aromatic heterocycles. The number of fused-ring (bicyclic) bond motifs is 5. The molecule has 1 aliphatic carbocycles. The van der Waals surface area contributed by atoms with Crippen LogP contribution in [-0.2, 0) is 45.7 Å². The van der Waals surface area contributed by atoms with Gasteiger partial charge in [-0.2, -0.15) is 0 Å². The highest BCUT2D eigenvalue weighted by Gasteiger charge is 2.48. The summed E-state index contributed by atoms with van der Waals surface area (Å²) in [5.41, 5.74) is 4.46. The van der Waals surface area contributed by atoms with Crippen LogP contribution in [0.1, 0.15) is 53.6 Å². The molecule has 0 radical (unpaired) electrons. The third-order valence-corrected chi connectivity index (χ3v) is 7.63. The maximum absolute atomic E-state index is 14.6. The first-order chi connectivity index (χ1) is 15.2. The number of hydrogen-bond acceptors (Lipinski definition) is 5. The number of halogens is 1. The Morgan fingerprint density at radius 3 is 2.66 bits per heavy atom. The molecule has 7 heteroatoms. The molecule has 6 nitrogen and oxygen atoms in total. The van der Waals surface area contributed by atoms with Gasteiger partial charge in [-0.15, -0.1) is 0 Å². The molecule has 0 fully saturated rings. The second-order valence-electron chi connectivity index (χ2n) is 9.20. The third kappa shape index (κ3) is 2.18. The number of aromatic nitrogens is 2. The highest BCUT2D eigenvalue weighted by atomic mass is 19.1. The Morgan fingerprint density at radius 2 is 1.91 bits per heavy atom. The van der Waals surface area contributed by atoms with Gasteiger partial charge in [-0.1, -0.05) is 0 Å². The van der Waals surface area contributed by atoms with Gasteiger partial charge in [0.25, 0.3) is 5.56 Å². The quantitative estimate of drug-likeness (QED) is 0.341. The molecule has 0 saturated heterocycles. The van der Waals surface area contributed by atoms with Gasteiger partial charge >= 0.3 is 5.97 Å². The van der Waals surface area contributed by atoms with E-state index in [0.717, 1.165) is 41.3 Å². The minimum atomic E-state index is -1.54. The summed E-state index contributed by atoms with van der Waals surface area (Å²) >= 11 is 0. The maximum Gasteiger partial charge on any atom is 0.324 e. The van der Waals surface area contributed by atoms with Crippen LogP contribution >= 0.6 is 0 Å². The molecule has 3 aromatic rings. The molecule has 0 amide bonds. The summed E-state index contributed by atoms with van der Waals surface area (Å²) in [6.07, 6.45) is 2.56. The van der Waals surface area contributed by atoms with Crippen LogP contribution in [0.2, 0.25) is 0 Å². The van der Waals surface area contributed by atoms with Crippen molar-refractivity contribution in [3.05, 3.63) is 61.7 Å². The molecule has 6 rings (SSSR count). The van der Waals surface area contributed by atoms with E-state index in [9.17, 15) is 18.8 Å². The van der Waals surface area contributed by atoms with Gasteiger partial charge in [0.1, 0.15) is 17.8 Å². The van der Waals surface area contributed by atoms with Crippen molar-refractivity contribution in [2.75, 3.05) is 0 Å². The van der Waals surface area contributed by atoms with E-state index in [2.05, 4.69) is 0 Å². The third-order valence-electron chi connectivity index (χ3n) is 7.63. The zero-order chi connectivity index (χ0) is 22.5. The first-order valence-corrected chi connectivity index (χ1v) is 10.8. The molecule has 0 spiro atoms. The lowest BCUT2D eigenvalue weighted by molar-refractivity contribution is -0.156. The smallest absolute Gasteiger partial charge is 0.324 e.